The first kappa shape index (κ1) is 26.6. The fourth-order valence-corrected chi connectivity index (χ4v) is 3.16. The minimum atomic E-state index is -1.32. The summed E-state index contributed by atoms with van der Waals surface area (Å²) in [5.41, 5.74) is -1.67. The highest BCUT2D eigenvalue weighted by atomic mass is 19.1. The van der Waals surface area contributed by atoms with Gasteiger partial charge in [0.05, 0.1) is 46.9 Å². The molecule has 0 saturated carbocycles. The Labute approximate surface area is 199 Å². The van der Waals surface area contributed by atoms with E-state index < -0.39 is 38.6 Å². The van der Waals surface area contributed by atoms with Gasteiger partial charge in [0, 0.05) is 32.1 Å². The number of carbonyl (C=O) groups excluding carboxylic acids is 1. The molecule has 0 spiro atoms. The van der Waals surface area contributed by atoms with Crippen LogP contribution in [0.1, 0.15) is 26.7 Å². The summed E-state index contributed by atoms with van der Waals surface area (Å²) in [5, 5.41) is 41.5. The van der Waals surface area contributed by atoms with Crippen LogP contribution in [0.15, 0.2) is 34.5 Å². The Hall–Kier alpha value is -4.67. The van der Waals surface area contributed by atoms with E-state index in [1.54, 1.807) is 6.07 Å². The second-order valence-corrected chi connectivity index (χ2v) is 7.12. The fraction of sp³-hybridized carbons (Fsp3) is 0.333. The number of azo groups is 1. The molecule has 0 aliphatic rings. The van der Waals surface area contributed by atoms with Crippen molar-refractivity contribution in [3.8, 4) is 11.8 Å². The zero-order valence-corrected chi connectivity index (χ0v) is 19.1. The van der Waals surface area contributed by atoms with Gasteiger partial charge in [0.15, 0.2) is 5.69 Å². The van der Waals surface area contributed by atoms with E-state index in [2.05, 4.69) is 21.6 Å². The molecular weight excluding hydrogens is 465 g/mol. The number of rotatable bonds is 11. The largest absolute Gasteiger partial charge is 0.494 e. The van der Waals surface area contributed by atoms with Crippen molar-refractivity contribution < 1.29 is 23.8 Å². The van der Waals surface area contributed by atoms with Crippen LogP contribution >= 0.6 is 0 Å². The van der Waals surface area contributed by atoms with Crippen molar-refractivity contribution in [2.24, 2.45) is 10.2 Å². The molecule has 14 heteroatoms. The summed E-state index contributed by atoms with van der Waals surface area (Å²) in [6.07, 6.45) is 1.01. The molecule has 0 fully saturated rings. The maximum Gasteiger partial charge on any atom is 0.311 e. The smallest absolute Gasteiger partial charge is 0.311 e. The summed E-state index contributed by atoms with van der Waals surface area (Å²) in [6, 6.07) is 6.06. The number of nitro benzene ring substituents is 2. The van der Waals surface area contributed by atoms with E-state index >= 15 is 0 Å². The molecular formula is C21H22FN7O6. The van der Waals surface area contributed by atoms with Crippen molar-refractivity contribution in [1.29, 1.82) is 5.26 Å². The molecule has 2 aromatic rings. The first-order valence-corrected chi connectivity index (χ1v) is 10.3. The van der Waals surface area contributed by atoms with E-state index in [4.69, 9.17) is 10.00 Å². The molecule has 0 bridgehead atoms. The van der Waals surface area contributed by atoms with Crippen LogP contribution in [0.5, 0.6) is 5.75 Å². The number of halogens is 1. The van der Waals surface area contributed by atoms with Gasteiger partial charge in [-0.05, 0) is 12.5 Å². The number of hydrogen-bond donors (Lipinski definition) is 1. The Morgan fingerprint density at radius 2 is 1.80 bits per heavy atom. The van der Waals surface area contributed by atoms with E-state index in [1.807, 2.05) is 11.8 Å². The van der Waals surface area contributed by atoms with Crippen molar-refractivity contribution in [2.45, 2.75) is 26.7 Å². The van der Waals surface area contributed by atoms with Crippen LogP contribution in [0.2, 0.25) is 0 Å². The number of carbonyl (C=O) groups is 1. The van der Waals surface area contributed by atoms with Gasteiger partial charge in [0.25, 0.3) is 0 Å². The number of nitrogens with one attached hydrogen (secondary N) is 1. The van der Waals surface area contributed by atoms with Crippen LogP contribution < -0.4 is 15.0 Å². The van der Waals surface area contributed by atoms with Crippen molar-refractivity contribution in [2.75, 3.05) is 30.4 Å². The van der Waals surface area contributed by atoms with Crippen molar-refractivity contribution in [3.63, 3.8) is 0 Å². The van der Waals surface area contributed by atoms with Gasteiger partial charge in [-0.3, -0.25) is 25.0 Å². The number of nitriles is 1. The first-order valence-electron chi connectivity index (χ1n) is 10.3. The van der Waals surface area contributed by atoms with E-state index in [1.165, 1.54) is 20.1 Å². The minimum absolute atomic E-state index is 0.0330. The predicted octanol–water partition coefficient (Wildman–Crippen LogP) is 5.15. The van der Waals surface area contributed by atoms with Crippen molar-refractivity contribution >= 4 is 40.0 Å². The fourth-order valence-electron chi connectivity index (χ4n) is 3.16. The summed E-state index contributed by atoms with van der Waals surface area (Å²) < 4.78 is 19.5. The molecule has 0 aliphatic carbocycles. The Balaban J connectivity index is 2.64. The average molecular weight is 487 g/mol. The Morgan fingerprint density at radius 3 is 2.34 bits per heavy atom. The number of nitrogens with zero attached hydrogens (tertiary/aromatic N) is 6. The molecule has 1 N–H and O–H groups in total. The third-order valence-electron chi connectivity index (χ3n) is 4.64. The van der Waals surface area contributed by atoms with Gasteiger partial charge < -0.3 is 15.0 Å². The zero-order valence-electron chi connectivity index (χ0n) is 19.1. The molecule has 2 aromatic carbocycles. The SMILES string of the molecule is CCCN(CCC#N)c1cc(NC(C)=O)c(/N=N/c2cc(F)c([N+](=O)[O-])cc2[N+](=O)[O-])cc1OC. The van der Waals surface area contributed by atoms with Crippen LogP contribution in [-0.2, 0) is 4.79 Å². The molecule has 1 amide bonds. The minimum Gasteiger partial charge on any atom is -0.494 e. The molecule has 0 atom stereocenters. The molecule has 2 rings (SSSR count). The van der Waals surface area contributed by atoms with Gasteiger partial charge in [0.1, 0.15) is 11.4 Å². The van der Waals surface area contributed by atoms with Crippen LogP contribution in [0.25, 0.3) is 0 Å². The second-order valence-electron chi connectivity index (χ2n) is 7.12. The van der Waals surface area contributed by atoms with E-state index in [0.717, 1.165) is 6.42 Å². The maximum atomic E-state index is 14.1. The molecule has 0 aliphatic heterocycles. The van der Waals surface area contributed by atoms with Gasteiger partial charge in [-0.1, -0.05) is 6.92 Å². The van der Waals surface area contributed by atoms with Gasteiger partial charge in [0.2, 0.25) is 11.7 Å². The quantitative estimate of drug-likeness (QED) is 0.257. The molecule has 184 valence electrons. The average Bonchev–Trinajstić information content (AvgIpc) is 2.79. The highest BCUT2D eigenvalue weighted by Crippen LogP contribution is 2.41. The lowest BCUT2D eigenvalue weighted by molar-refractivity contribution is -0.395. The standard InChI is InChI=1S/C21H22FN7O6/c1-4-7-27(8-5-6-23)20-10-15(24-13(2)30)16(11-21(20)35-3)25-26-17-9-14(22)18(28(31)32)12-19(17)29(33)34/h9-12H,4-5,7-8H2,1-3H3,(H,24,30)/b26-25+. The topological polar surface area (TPSA) is 176 Å². The van der Waals surface area contributed by atoms with Gasteiger partial charge in [-0.25, -0.2) is 0 Å². The Kier molecular flexibility index (Phi) is 9.10. The van der Waals surface area contributed by atoms with Crippen molar-refractivity contribution in [1.82, 2.24) is 0 Å². The zero-order chi connectivity index (χ0) is 26.1. The number of benzene rings is 2. The highest BCUT2D eigenvalue weighted by molar-refractivity contribution is 5.93. The number of anilines is 2. The molecule has 35 heavy (non-hydrogen) atoms. The van der Waals surface area contributed by atoms with E-state index in [-0.39, 0.29) is 17.8 Å². The third-order valence-corrected chi connectivity index (χ3v) is 4.64. The number of hydrogen-bond acceptors (Lipinski definition) is 10. The van der Waals surface area contributed by atoms with E-state index in [0.29, 0.717) is 36.7 Å². The lowest BCUT2D eigenvalue weighted by Gasteiger charge is -2.26. The summed E-state index contributed by atoms with van der Waals surface area (Å²) >= 11 is 0. The number of nitro groups is 2. The Bertz CT molecular complexity index is 1210. The highest BCUT2D eigenvalue weighted by Gasteiger charge is 2.25. The number of amides is 1. The molecule has 0 radical (unpaired) electrons. The summed E-state index contributed by atoms with van der Waals surface area (Å²) in [5.74, 6) is -1.44. The molecule has 0 unspecified atom stereocenters. The summed E-state index contributed by atoms with van der Waals surface area (Å²) in [7, 11) is 1.41. The molecule has 0 saturated heterocycles. The third kappa shape index (κ3) is 6.67. The molecule has 0 aromatic heterocycles. The number of methoxy groups -OCH3 is 1. The van der Waals surface area contributed by atoms with Crippen LogP contribution in [0.3, 0.4) is 0 Å². The van der Waals surface area contributed by atoms with Gasteiger partial charge in [-0.2, -0.15) is 9.65 Å². The van der Waals surface area contributed by atoms with E-state index in [9.17, 15) is 29.4 Å². The summed E-state index contributed by atoms with van der Waals surface area (Å²) in [6.45, 7) is 4.21. The molecule has 13 nitrogen and oxygen atoms in total. The number of ether oxygens (including phenoxy) is 1. The van der Waals surface area contributed by atoms with Crippen molar-refractivity contribution in [3.05, 3.63) is 50.3 Å². The van der Waals surface area contributed by atoms with Gasteiger partial charge in [-0.15, -0.1) is 10.2 Å². The Morgan fingerprint density at radius 1 is 1.14 bits per heavy atom. The van der Waals surface area contributed by atoms with Gasteiger partial charge >= 0.3 is 11.4 Å². The lowest BCUT2D eigenvalue weighted by Crippen LogP contribution is -2.25. The van der Waals surface area contributed by atoms with Crippen LogP contribution in [0.4, 0.5) is 38.5 Å². The summed E-state index contributed by atoms with van der Waals surface area (Å²) in [4.78, 5) is 33.9. The second kappa shape index (κ2) is 12.0. The maximum absolute atomic E-state index is 14.1. The lowest BCUT2D eigenvalue weighted by atomic mass is 10.2. The normalized spacial score (nSPS) is 10.6. The molecule has 0 heterocycles. The monoisotopic (exact) mass is 487 g/mol. The van der Waals surface area contributed by atoms with Crippen LogP contribution in [0, 0.1) is 37.4 Å². The van der Waals surface area contributed by atoms with Crippen LogP contribution in [-0.4, -0.2) is 36.0 Å². The predicted molar refractivity (Wildman–Crippen MR) is 124 cm³/mol. The first-order chi connectivity index (χ1) is 16.6.